The van der Waals surface area contributed by atoms with E-state index >= 15 is 0 Å². The van der Waals surface area contributed by atoms with E-state index in [0.29, 0.717) is 17.7 Å². The molecule has 2 aliphatic rings. The van der Waals surface area contributed by atoms with Crippen LogP contribution in [-0.4, -0.2) is 17.9 Å². The van der Waals surface area contributed by atoms with Gasteiger partial charge in [0.2, 0.25) is 5.91 Å². The third-order valence-electron chi connectivity index (χ3n) is 3.84. The molecule has 1 aromatic rings. The number of benzene rings is 1. The number of likely N-dealkylation sites (N-methyl/N-ethyl adjacent to an activating group) is 1. The highest BCUT2D eigenvalue weighted by atomic mass is 16.6. The molecule has 0 N–H and O–H groups in total. The lowest BCUT2D eigenvalue weighted by Crippen LogP contribution is -2.29. The van der Waals surface area contributed by atoms with Crippen LogP contribution in [0.3, 0.4) is 0 Å². The van der Waals surface area contributed by atoms with E-state index < -0.39 is 10.3 Å². The highest BCUT2D eigenvalue weighted by molar-refractivity contribution is 6.10. The number of fused-ring (bicyclic) bond motifs is 2. The fourth-order valence-corrected chi connectivity index (χ4v) is 2.76. The van der Waals surface area contributed by atoms with E-state index in [1.54, 1.807) is 13.1 Å². The lowest BCUT2D eigenvalue weighted by Gasteiger charge is -2.09. The topological polar surface area (TPSA) is 87.2 Å². The second-order valence-electron chi connectivity index (χ2n) is 4.68. The SMILES string of the molecule is CN1C(=O)C2(CC2C#N)c2cc([N+](=O)[O-])ccc21. The smallest absolute Gasteiger partial charge is 0.269 e. The van der Waals surface area contributed by atoms with Crippen molar-refractivity contribution in [3.05, 3.63) is 33.9 Å². The highest BCUT2D eigenvalue weighted by Gasteiger charge is 2.67. The van der Waals surface area contributed by atoms with Crippen molar-refractivity contribution in [2.45, 2.75) is 11.8 Å². The standard InChI is InChI=1S/C12H9N3O3/c1-14-10-3-2-8(15(17)18)4-9(10)12(11(14)16)5-7(12)6-13/h2-4,7H,5H2,1H3. The molecule has 18 heavy (non-hydrogen) atoms. The average Bonchev–Trinajstić information content (AvgIpc) is 3.07. The number of hydrogen-bond acceptors (Lipinski definition) is 4. The summed E-state index contributed by atoms with van der Waals surface area (Å²) in [5.74, 6) is -0.500. The number of non-ortho nitro benzene ring substituents is 1. The van der Waals surface area contributed by atoms with Gasteiger partial charge in [-0.25, -0.2) is 0 Å². The zero-order valence-corrected chi connectivity index (χ0v) is 9.58. The Morgan fingerprint density at radius 1 is 1.61 bits per heavy atom. The summed E-state index contributed by atoms with van der Waals surface area (Å²) in [6, 6.07) is 6.48. The molecule has 2 atom stereocenters. The number of rotatable bonds is 1. The zero-order valence-electron chi connectivity index (χ0n) is 9.58. The summed E-state index contributed by atoms with van der Waals surface area (Å²) < 4.78 is 0. The summed E-state index contributed by atoms with van der Waals surface area (Å²) >= 11 is 0. The van der Waals surface area contributed by atoms with Crippen LogP contribution >= 0.6 is 0 Å². The normalized spacial score (nSPS) is 28.1. The molecule has 0 saturated heterocycles. The molecule has 1 aliphatic carbocycles. The van der Waals surface area contributed by atoms with E-state index in [0.717, 1.165) is 0 Å². The molecule has 1 aliphatic heterocycles. The van der Waals surface area contributed by atoms with E-state index in [1.165, 1.54) is 17.0 Å². The van der Waals surface area contributed by atoms with E-state index in [4.69, 9.17) is 5.26 Å². The Morgan fingerprint density at radius 2 is 2.33 bits per heavy atom. The highest BCUT2D eigenvalue weighted by Crippen LogP contribution is 2.61. The number of anilines is 1. The van der Waals surface area contributed by atoms with E-state index in [9.17, 15) is 14.9 Å². The van der Waals surface area contributed by atoms with Gasteiger partial charge in [0.25, 0.3) is 5.69 Å². The Bertz CT molecular complexity index is 634. The fourth-order valence-electron chi connectivity index (χ4n) is 2.76. The van der Waals surface area contributed by atoms with E-state index in [1.807, 2.05) is 0 Å². The number of nitriles is 1. The van der Waals surface area contributed by atoms with Crippen molar-refractivity contribution >= 4 is 17.3 Å². The monoisotopic (exact) mass is 243 g/mol. The number of nitro groups is 1. The van der Waals surface area contributed by atoms with Crippen molar-refractivity contribution in [2.24, 2.45) is 5.92 Å². The number of amides is 1. The quantitative estimate of drug-likeness (QED) is 0.550. The van der Waals surface area contributed by atoms with Gasteiger partial charge in [-0.2, -0.15) is 5.26 Å². The van der Waals surface area contributed by atoms with Gasteiger partial charge in [0.15, 0.2) is 0 Å². The molecule has 1 spiro atoms. The van der Waals surface area contributed by atoms with Gasteiger partial charge in [-0.1, -0.05) is 0 Å². The molecule has 1 aromatic carbocycles. The van der Waals surface area contributed by atoms with Crippen molar-refractivity contribution in [3.8, 4) is 6.07 Å². The minimum absolute atomic E-state index is 0.0418. The minimum atomic E-state index is -0.829. The molecule has 2 unspecified atom stereocenters. The molecule has 0 aromatic heterocycles. The molecule has 90 valence electrons. The van der Waals surface area contributed by atoms with E-state index in [2.05, 4.69) is 6.07 Å². The Labute approximate surface area is 103 Å². The summed E-state index contributed by atoms with van der Waals surface area (Å²) in [5.41, 5.74) is 0.420. The van der Waals surface area contributed by atoms with Gasteiger partial charge in [-0.05, 0) is 18.1 Å². The van der Waals surface area contributed by atoms with Crippen molar-refractivity contribution in [1.29, 1.82) is 5.26 Å². The molecule has 0 radical (unpaired) electrons. The average molecular weight is 243 g/mol. The predicted octanol–water partition coefficient (Wildman–Crippen LogP) is 1.35. The van der Waals surface area contributed by atoms with Gasteiger partial charge < -0.3 is 4.90 Å². The van der Waals surface area contributed by atoms with Crippen LogP contribution in [-0.2, 0) is 10.2 Å². The number of hydrogen-bond donors (Lipinski definition) is 0. The van der Waals surface area contributed by atoms with Gasteiger partial charge in [-0.15, -0.1) is 0 Å². The minimum Gasteiger partial charge on any atom is -0.314 e. The third kappa shape index (κ3) is 1.03. The van der Waals surface area contributed by atoms with Crippen molar-refractivity contribution < 1.29 is 9.72 Å². The Balaban J connectivity index is 2.20. The van der Waals surface area contributed by atoms with Crippen LogP contribution in [0.4, 0.5) is 11.4 Å². The first kappa shape index (κ1) is 10.7. The van der Waals surface area contributed by atoms with Crippen LogP contribution in [0.2, 0.25) is 0 Å². The number of nitro benzene ring substituents is 1. The molecule has 1 heterocycles. The molecule has 6 nitrogen and oxygen atoms in total. The van der Waals surface area contributed by atoms with Crippen LogP contribution in [0.1, 0.15) is 12.0 Å². The van der Waals surface area contributed by atoms with Crippen LogP contribution in [0, 0.1) is 27.4 Å². The van der Waals surface area contributed by atoms with Crippen molar-refractivity contribution in [3.63, 3.8) is 0 Å². The van der Waals surface area contributed by atoms with Crippen molar-refractivity contribution in [2.75, 3.05) is 11.9 Å². The van der Waals surface area contributed by atoms with Gasteiger partial charge in [0.05, 0.1) is 22.3 Å². The maximum atomic E-state index is 12.2. The van der Waals surface area contributed by atoms with Crippen LogP contribution in [0.5, 0.6) is 0 Å². The number of carbonyl (C=O) groups is 1. The van der Waals surface area contributed by atoms with Gasteiger partial charge in [-0.3, -0.25) is 14.9 Å². The Hall–Kier alpha value is -2.42. The van der Waals surface area contributed by atoms with Gasteiger partial charge >= 0.3 is 0 Å². The lowest BCUT2D eigenvalue weighted by molar-refractivity contribution is -0.384. The zero-order chi connectivity index (χ0) is 13.1. The molecular weight excluding hydrogens is 234 g/mol. The van der Waals surface area contributed by atoms with Crippen LogP contribution < -0.4 is 4.90 Å². The largest absolute Gasteiger partial charge is 0.314 e. The summed E-state index contributed by atoms with van der Waals surface area (Å²) in [6.45, 7) is 0. The molecule has 1 amide bonds. The molecular formula is C12H9N3O3. The summed E-state index contributed by atoms with van der Waals surface area (Å²) in [5, 5.41) is 19.8. The predicted molar refractivity (Wildman–Crippen MR) is 61.9 cm³/mol. The third-order valence-corrected chi connectivity index (χ3v) is 3.84. The Kier molecular flexibility index (Phi) is 1.83. The Morgan fingerprint density at radius 3 is 2.89 bits per heavy atom. The van der Waals surface area contributed by atoms with Crippen molar-refractivity contribution in [1.82, 2.24) is 0 Å². The second kappa shape index (κ2) is 3.07. The summed E-state index contributed by atoms with van der Waals surface area (Å²) in [7, 11) is 1.63. The molecule has 6 heteroatoms. The second-order valence-corrected chi connectivity index (χ2v) is 4.68. The maximum absolute atomic E-state index is 12.2. The molecule has 1 saturated carbocycles. The lowest BCUT2D eigenvalue weighted by atomic mass is 9.95. The first-order valence-corrected chi connectivity index (χ1v) is 5.49. The molecule has 3 rings (SSSR count). The fraction of sp³-hybridized carbons (Fsp3) is 0.333. The van der Waals surface area contributed by atoms with Crippen LogP contribution in [0.15, 0.2) is 18.2 Å². The number of nitrogens with zero attached hydrogens (tertiary/aromatic N) is 3. The summed E-state index contributed by atoms with van der Waals surface area (Å²) in [4.78, 5) is 24.0. The maximum Gasteiger partial charge on any atom is 0.269 e. The first-order valence-electron chi connectivity index (χ1n) is 5.49. The van der Waals surface area contributed by atoms with Gasteiger partial charge in [0, 0.05) is 24.9 Å². The van der Waals surface area contributed by atoms with Crippen LogP contribution in [0.25, 0.3) is 0 Å². The molecule has 0 bridgehead atoms. The first-order chi connectivity index (χ1) is 8.52. The van der Waals surface area contributed by atoms with Gasteiger partial charge in [0.1, 0.15) is 0 Å². The molecule has 1 fully saturated rings. The van der Waals surface area contributed by atoms with E-state index in [-0.39, 0.29) is 17.5 Å². The summed E-state index contributed by atoms with van der Waals surface area (Å²) in [6.07, 6.45) is 0.459. The number of carbonyl (C=O) groups excluding carboxylic acids is 1.